The van der Waals surface area contributed by atoms with Crippen molar-refractivity contribution in [2.45, 2.75) is 213 Å². The number of hydrogen-bond donors (Lipinski definition) is 0. The molecule has 1 heteroatoms. The first kappa shape index (κ1) is 39.7. The van der Waals surface area contributed by atoms with Crippen LogP contribution in [0.25, 0.3) is 0 Å². The third-order valence-electron chi connectivity index (χ3n) is 9.26. The van der Waals surface area contributed by atoms with Crippen LogP contribution in [0.5, 0.6) is 0 Å². The number of pyridine rings is 1. The molecule has 248 valence electrons. The molecule has 1 nitrogen and oxygen atoms in total. The van der Waals surface area contributed by atoms with Gasteiger partial charge < -0.3 is 0 Å². The molecule has 1 aromatic rings. The summed E-state index contributed by atoms with van der Waals surface area (Å²) >= 11 is 0. The van der Waals surface area contributed by atoms with Crippen molar-refractivity contribution in [1.82, 2.24) is 0 Å². The van der Waals surface area contributed by atoms with Crippen LogP contribution in [0.15, 0.2) is 54.9 Å². The molecule has 0 aliphatic heterocycles. The molecule has 0 N–H and O–H groups in total. The summed E-state index contributed by atoms with van der Waals surface area (Å²) < 4.78 is 2.50. The average molecular weight is 595 g/mol. The van der Waals surface area contributed by atoms with E-state index >= 15 is 0 Å². The topological polar surface area (TPSA) is 3.88 Å². The Hall–Kier alpha value is -1.37. The predicted octanol–water partition coefficient (Wildman–Crippen LogP) is 14.4. The molecule has 0 aromatic carbocycles. The zero-order valence-corrected chi connectivity index (χ0v) is 29.4. The van der Waals surface area contributed by atoms with Crippen LogP contribution in [0.2, 0.25) is 0 Å². The summed E-state index contributed by atoms with van der Waals surface area (Å²) in [5, 5.41) is 0. The lowest BCUT2D eigenvalue weighted by Crippen LogP contribution is -2.38. The minimum Gasteiger partial charge on any atom is -0.202 e. The zero-order valence-electron chi connectivity index (χ0n) is 29.4. The first-order valence-electron chi connectivity index (χ1n) is 19.6. The molecule has 1 aromatic heterocycles. The molecule has 0 aliphatic carbocycles. The Morgan fingerprint density at radius 1 is 0.372 bits per heavy atom. The van der Waals surface area contributed by atoms with Gasteiger partial charge in [0.05, 0.1) is 0 Å². The lowest BCUT2D eigenvalue weighted by Gasteiger charge is -2.12. The van der Waals surface area contributed by atoms with E-state index in [0.29, 0.717) is 6.04 Å². The molecule has 0 radical (unpaired) electrons. The molecule has 0 atom stereocenters. The zero-order chi connectivity index (χ0) is 30.7. The number of rotatable bonds is 33. The number of nitrogens with zero attached hydrogens (tertiary/aromatic N) is 1. The lowest BCUT2D eigenvalue weighted by molar-refractivity contribution is -0.724. The second kappa shape index (κ2) is 33.5. The van der Waals surface area contributed by atoms with Gasteiger partial charge >= 0.3 is 0 Å². The van der Waals surface area contributed by atoms with Crippen LogP contribution in [0.3, 0.4) is 0 Å². The molecule has 1 heterocycles. The first-order chi connectivity index (χ1) is 21.4. The Kier molecular flexibility index (Phi) is 30.9. The molecule has 0 aliphatic rings. The van der Waals surface area contributed by atoms with Crippen LogP contribution in [-0.4, -0.2) is 0 Å². The molecule has 1 rings (SSSR count). The molecule has 0 bridgehead atoms. The standard InChI is InChI=1S/C42H76N/c1-3-5-7-9-11-13-15-17-19-21-23-25-27-29-31-34-38-42(43-40-36-33-37-41-43)39-35-32-30-28-26-24-22-20-18-16-14-12-10-8-6-4-2/h17-20,33,36-37,40-42H,3-16,21-32,34-35,38-39H2,1-2H3/q+1. The van der Waals surface area contributed by atoms with E-state index in [9.17, 15) is 0 Å². The van der Waals surface area contributed by atoms with Crippen molar-refractivity contribution in [3.63, 3.8) is 0 Å². The molecular formula is C42H76N+. The van der Waals surface area contributed by atoms with Gasteiger partial charge in [0.25, 0.3) is 0 Å². The van der Waals surface area contributed by atoms with Crippen LogP contribution in [0, 0.1) is 0 Å². The van der Waals surface area contributed by atoms with Crippen LogP contribution in [0.4, 0.5) is 0 Å². The van der Waals surface area contributed by atoms with Crippen molar-refractivity contribution in [3.8, 4) is 0 Å². The van der Waals surface area contributed by atoms with Gasteiger partial charge in [-0.25, -0.2) is 4.57 Å². The molecule has 43 heavy (non-hydrogen) atoms. The van der Waals surface area contributed by atoms with E-state index in [1.54, 1.807) is 0 Å². The van der Waals surface area contributed by atoms with Crippen LogP contribution in [-0.2, 0) is 0 Å². The van der Waals surface area contributed by atoms with E-state index in [-0.39, 0.29) is 0 Å². The van der Waals surface area contributed by atoms with Crippen molar-refractivity contribution in [1.29, 1.82) is 0 Å². The van der Waals surface area contributed by atoms with Gasteiger partial charge in [-0.15, -0.1) is 0 Å². The SMILES string of the molecule is CCCCCCCCC=CCCCCCCCCC(CCCCCCCCC=CCCCCCCCC)[n+]1ccccc1. The quantitative estimate of drug-likeness (QED) is 0.0433. The maximum absolute atomic E-state index is 2.50. The Labute approximate surface area is 271 Å². The van der Waals surface area contributed by atoms with E-state index in [1.807, 2.05) is 0 Å². The maximum atomic E-state index is 2.50. The third-order valence-corrected chi connectivity index (χ3v) is 9.26. The monoisotopic (exact) mass is 595 g/mol. The van der Waals surface area contributed by atoms with Gasteiger partial charge in [0, 0.05) is 25.0 Å². The number of aromatic nitrogens is 1. The minimum absolute atomic E-state index is 0.690. The van der Waals surface area contributed by atoms with E-state index < -0.39 is 0 Å². The van der Waals surface area contributed by atoms with E-state index in [4.69, 9.17) is 0 Å². The second-order valence-electron chi connectivity index (χ2n) is 13.4. The van der Waals surface area contributed by atoms with Gasteiger partial charge in [-0.2, -0.15) is 0 Å². The van der Waals surface area contributed by atoms with Crippen molar-refractivity contribution in [2.24, 2.45) is 0 Å². The van der Waals surface area contributed by atoms with Gasteiger partial charge in [0.2, 0.25) is 0 Å². The molecule has 0 saturated carbocycles. The lowest BCUT2D eigenvalue weighted by atomic mass is 9.99. The molecule has 0 amide bonds. The van der Waals surface area contributed by atoms with Gasteiger partial charge in [-0.1, -0.05) is 160 Å². The van der Waals surface area contributed by atoms with Gasteiger partial charge in [0.15, 0.2) is 18.4 Å². The van der Waals surface area contributed by atoms with E-state index in [1.165, 1.54) is 193 Å². The van der Waals surface area contributed by atoms with Gasteiger partial charge in [-0.3, -0.25) is 0 Å². The smallest absolute Gasteiger partial charge is 0.169 e. The fraction of sp³-hybridized carbons (Fsp3) is 0.786. The normalized spacial score (nSPS) is 12.6. The molecule has 0 saturated heterocycles. The molecule has 0 spiro atoms. The fourth-order valence-corrected chi connectivity index (χ4v) is 6.35. The van der Waals surface area contributed by atoms with Crippen molar-refractivity contribution in [3.05, 3.63) is 54.9 Å². The van der Waals surface area contributed by atoms with E-state index in [0.717, 1.165) is 0 Å². The Morgan fingerprint density at radius 2 is 0.674 bits per heavy atom. The summed E-state index contributed by atoms with van der Waals surface area (Å²) in [6.45, 7) is 4.59. The fourth-order valence-electron chi connectivity index (χ4n) is 6.35. The summed E-state index contributed by atoms with van der Waals surface area (Å²) in [5.41, 5.74) is 0. The summed E-state index contributed by atoms with van der Waals surface area (Å²) in [4.78, 5) is 0. The molecule has 0 unspecified atom stereocenters. The van der Waals surface area contributed by atoms with Gasteiger partial charge in [-0.05, 0) is 64.2 Å². The van der Waals surface area contributed by atoms with Gasteiger partial charge in [0.1, 0.15) is 0 Å². The Morgan fingerprint density at radius 3 is 1.02 bits per heavy atom. The van der Waals surface area contributed by atoms with Crippen molar-refractivity contribution in [2.75, 3.05) is 0 Å². The number of allylic oxidation sites excluding steroid dienone is 4. The minimum atomic E-state index is 0.690. The molecular weight excluding hydrogens is 518 g/mol. The van der Waals surface area contributed by atoms with Crippen molar-refractivity contribution >= 4 is 0 Å². The summed E-state index contributed by atoms with van der Waals surface area (Å²) in [6, 6.07) is 7.25. The largest absolute Gasteiger partial charge is 0.202 e. The highest BCUT2D eigenvalue weighted by atomic mass is 15.0. The summed E-state index contributed by atoms with van der Waals surface area (Å²) in [5.74, 6) is 0. The highest BCUT2D eigenvalue weighted by Gasteiger charge is 2.16. The highest BCUT2D eigenvalue weighted by molar-refractivity contribution is 4.84. The Balaban J connectivity index is 2.01. The Bertz CT molecular complexity index is 663. The van der Waals surface area contributed by atoms with Crippen LogP contribution in [0.1, 0.15) is 213 Å². The van der Waals surface area contributed by atoms with Crippen molar-refractivity contribution < 1.29 is 4.57 Å². The summed E-state index contributed by atoms with van der Waals surface area (Å²) in [6.07, 6.45) is 56.0. The van der Waals surface area contributed by atoms with Crippen LogP contribution >= 0.6 is 0 Å². The average Bonchev–Trinajstić information content (AvgIpc) is 3.03. The predicted molar refractivity (Wildman–Crippen MR) is 194 cm³/mol. The van der Waals surface area contributed by atoms with Crippen LogP contribution < -0.4 is 4.57 Å². The van der Waals surface area contributed by atoms with E-state index in [2.05, 4.69) is 73.3 Å². The number of unbranched alkanes of at least 4 members (excludes halogenated alkanes) is 24. The molecule has 0 fully saturated rings. The maximum Gasteiger partial charge on any atom is 0.169 e. The third kappa shape index (κ3) is 27.9. The summed E-state index contributed by atoms with van der Waals surface area (Å²) in [7, 11) is 0. The second-order valence-corrected chi connectivity index (χ2v) is 13.4. The number of hydrogen-bond acceptors (Lipinski definition) is 0. The first-order valence-corrected chi connectivity index (χ1v) is 19.6. The highest BCUT2D eigenvalue weighted by Crippen LogP contribution is 2.20.